The zero-order valence-corrected chi connectivity index (χ0v) is 14.1. The molecule has 3 fully saturated rings. The number of hydrogen-bond acceptors (Lipinski definition) is 6. The molecular weight excluding hydrogens is 302 g/mol. The van der Waals surface area contributed by atoms with Crippen molar-refractivity contribution in [2.75, 3.05) is 36.0 Å². The Hall–Kier alpha value is -2.11. The monoisotopic (exact) mass is 325 g/mol. The van der Waals surface area contributed by atoms with Crippen molar-refractivity contribution in [3.8, 4) is 0 Å². The standard InChI is InChI=1S/C18H23N5O/c1-13-9-15(5-7-19-13)23-11-18(12-23)6-2-8-22(10-18)17-20-16(21-24-17)14-3-4-14/h5,7,9,14H,2-4,6,8,10-12H2,1H3. The summed E-state index contributed by atoms with van der Waals surface area (Å²) in [5, 5.41) is 4.17. The second-order valence-corrected chi connectivity index (χ2v) is 7.75. The Balaban J connectivity index is 1.28. The molecule has 2 saturated heterocycles. The first-order valence-electron chi connectivity index (χ1n) is 8.97. The van der Waals surface area contributed by atoms with Gasteiger partial charge >= 0.3 is 6.01 Å². The number of anilines is 2. The number of hydrogen-bond donors (Lipinski definition) is 0. The summed E-state index contributed by atoms with van der Waals surface area (Å²) in [5.41, 5.74) is 2.74. The Bertz CT molecular complexity index is 747. The average Bonchev–Trinajstić information content (AvgIpc) is 3.30. The fourth-order valence-electron chi connectivity index (χ4n) is 4.16. The van der Waals surface area contributed by atoms with E-state index in [1.165, 1.54) is 31.4 Å². The average molecular weight is 325 g/mol. The molecule has 1 saturated carbocycles. The van der Waals surface area contributed by atoms with Gasteiger partial charge < -0.3 is 14.3 Å². The highest BCUT2D eigenvalue weighted by atomic mass is 16.5. The Morgan fingerprint density at radius 2 is 2.04 bits per heavy atom. The fourth-order valence-corrected chi connectivity index (χ4v) is 4.16. The molecule has 5 rings (SSSR count). The van der Waals surface area contributed by atoms with Crippen LogP contribution < -0.4 is 9.80 Å². The molecule has 0 unspecified atom stereocenters. The topological polar surface area (TPSA) is 58.3 Å². The van der Waals surface area contributed by atoms with Crippen LogP contribution in [0.15, 0.2) is 22.9 Å². The van der Waals surface area contributed by atoms with Gasteiger partial charge in [0, 0.05) is 55.1 Å². The van der Waals surface area contributed by atoms with Crippen LogP contribution in [0, 0.1) is 12.3 Å². The summed E-state index contributed by atoms with van der Waals surface area (Å²) < 4.78 is 5.54. The Morgan fingerprint density at radius 3 is 2.83 bits per heavy atom. The van der Waals surface area contributed by atoms with Crippen molar-refractivity contribution >= 4 is 11.7 Å². The molecule has 2 aromatic heterocycles. The summed E-state index contributed by atoms with van der Waals surface area (Å²) in [5.74, 6) is 1.46. The molecule has 6 nitrogen and oxygen atoms in total. The van der Waals surface area contributed by atoms with Gasteiger partial charge in [-0.2, -0.15) is 4.98 Å². The second-order valence-electron chi connectivity index (χ2n) is 7.75. The van der Waals surface area contributed by atoms with Crippen LogP contribution in [0.25, 0.3) is 0 Å². The minimum Gasteiger partial charge on any atom is -0.370 e. The van der Waals surface area contributed by atoms with E-state index in [1.54, 1.807) is 0 Å². The zero-order valence-electron chi connectivity index (χ0n) is 14.1. The molecular formula is C18H23N5O. The third-order valence-corrected chi connectivity index (χ3v) is 5.60. The summed E-state index contributed by atoms with van der Waals surface area (Å²) in [4.78, 5) is 13.7. The van der Waals surface area contributed by atoms with Gasteiger partial charge in [-0.25, -0.2) is 0 Å². The smallest absolute Gasteiger partial charge is 0.324 e. The van der Waals surface area contributed by atoms with Crippen molar-refractivity contribution in [2.24, 2.45) is 5.41 Å². The quantitative estimate of drug-likeness (QED) is 0.865. The van der Waals surface area contributed by atoms with Crippen LogP contribution >= 0.6 is 0 Å². The Kier molecular flexibility index (Phi) is 3.08. The second kappa shape index (κ2) is 5.19. The highest BCUT2D eigenvalue weighted by molar-refractivity contribution is 5.50. The number of nitrogens with zero attached hydrogens (tertiary/aromatic N) is 5. The van der Waals surface area contributed by atoms with Gasteiger partial charge in [-0.1, -0.05) is 5.16 Å². The van der Waals surface area contributed by atoms with E-state index in [0.717, 1.165) is 43.7 Å². The van der Waals surface area contributed by atoms with Crippen molar-refractivity contribution in [1.82, 2.24) is 15.1 Å². The van der Waals surface area contributed by atoms with E-state index in [1.807, 2.05) is 6.20 Å². The molecule has 4 heterocycles. The van der Waals surface area contributed by atoms with E-state index < -0.39 is 0 Å². The number of aryl methyl sites for hydroxylation is 1. The highest BCUT2D eigenvalue weighted by Gasteiger charge is 2.46. The highest BCUT2D eigenvalue weighted by Crippen LogP contribution is 2.43. The van der Waals surface area contributed by atoms with Crippen LogP contribution in [0.4, 0.5) is 11.7 Å². The molecule has 1 spiro atoms. The van der Waals surface area contributed by atoms with Gasteiger partial charge in [-0.05, 0) is 44.7 Å². The summed E-state index contributed by atoms with van der Waals surface area (Å²) in [6.07, 6.45) is 6.81. The van der Waals surface area contributed by atoms with E-state index in [-0.39, 0.29) is 0 Å². The molecule has 3 aliphatic rings. The van der Waals surface area contributed by atoms with Gasteiger partial charge in [0.1, 0.15) is 0 Å². The predicted molar refractivity (Wildman–Crippen MR) is 91.3 cm³/mol. The third-order valence-electron chi connectivity index (χ3n) is 5.60. The number of pyridine rings is 1. The summed E-state index contributed by atoms with van der Waals surface area (Å²) in [6.45, 7) is 6.32. The van der Waals surface area contributed by atoms with Crippen LogP contribution in [-0.2, 0) is 0 Å². The van der Waals surface area contributed by atoms with Crippen molar-refractivity contribution in [3.63, 3.8) is 0 Å². The van der Waals surface area contributed by atoms with E-state index in [0.29, 0.717) is 11.3 Å². The molecule has 126 valence electrons. The third kappa shape index (κ3) is 2.44. The van der Waals surface area contributed by atoms with Crippen molar-refractivity contribution in [3.05, 3.63) is 29.8 Å². The number of aromatic nitrogens is 3. The summed E-state index contributed by atoms with van der Waals surface area (Å²) >= 11 is 0. The first-order chi connectivity index (χ1) is 11.7. The van der Waals surface area contributed by atoms with E-state index in [4.69, 9.17) is 4.52 Å². The maximum absolute atomic E-state index is 5.54. The maximum Gasteiger partial charge on any atom is 0.324 e. The Morgan fingerprint density at radius 1 is 1.21 bits per heavy atom. The SMILES string of the molecule is Cc1cc(N2CC3(CCCN(c4nc(C5CC5)no4)C3)C2)ccn1. The lowest BCUT2D eigenvalue weighted by Crippen LogP contribution is -2.63. The van der Waals surface area contributed by atoms with Gasteiger partial charge in [0.2, 0.25) is 0 Å². The molecule has 0 amide bonds. The molecule has 0 N–H and O–H groups in total. The molecule has 0 radical (unpaired) electrons. The zero-order chi connectivity index (χ0) is 16.1. The maximum atomic E-state index is 5.54. The molecule has 0 bridgehead atoms. The van der Waals surface area contributed by atoms with Crippen LogP contribution in [0.3, 0.4) is 0 Å². The molecule has 24 heavy (non-hydrogen) atoms. The van der Waals surface area contributed by atoms with Gasteiger partial charge in [-0.15, -0.1) is 0 Å². The lowest BCUT2D eigenvalue weighted by atomic mass is 9.73. The van der Waals surface area contributed by atoms with Gasteiger partial charge in [0.25, 0.3) is 0 Å². The van der Waals surface area contributed by atoms with Gasteiger partial charge in [0.15, 0.2) is 5.82 Å². The molecule has 0 aromatic carbocycles. The first kappa shape index (κ1) is 14.3. The minimum atomic E-state index is 0.365. The van der Waals surface area contributed by atoms with Crippen molar-refractivity contribution < 1.29 is 4.52 Å². The first-order valence-corrected chi connectivity index (χ1v) is 8.97. The lowest BCUT2D eigenvalue weighted by molar-refractivity contribution is 0.169. The lowest BCUT2D eigenvalue weighted by Gasteiger charge is -2.55. The van der Waals surface area contributed by atoms with Crippen LogP contribution in [0.1, 0.15) is 43.1 Å². The Labute approximate surface area is 141 Å². The fraction of sp³-hybridized carbons (Fsp3) is 0.611. The summed E-state index contributed by atoms with van der Waals surface area (Å²) in [7, 11) is 0. The van der Waals surface area contributed by atoms with Gasteiger partial charge in [0.05, 0.1) is 0 Å². The normalized spacial score (nSPS) is 22.7. The molecule has 0 atom stereocenters. The molecule has 1 aliphatic carbocycles. The van der Waals surface area contributed by atoms with Crippen LogP contribution in [0.2, 0.25) is 0 Å². The van der Waals surface area contributed by atoms with Crippen LogP contribution in [0.5, 0.6) is 0 Å². The van der Waals surface area contributed by atoms with Crippen molar-refractivity contribution in [1.29, 1.82) is 0 Å². The predicted octanol–water partition coefficient (Wildman–Crippen LogP) is 2.76. The van der Waals surface area contributed by atoms with E-state index >= 15 is 0 Å². The number of piperidine rings is 1. The largest absolute Gasteiger partial charge is 0.370 e. The molecule has 2 aliphatic heterocycles. The molecule has 6 heteroatoms. The van der Waals surface area contributed by atoms with Crippen molar-refractivity contribution in [2.45, 2.75) is 38.5 Å². The van der Waals surface area contributed by atoms with Gasteiger partial charge in [-0.3, -0.25) is 4.98 Å². The molecule has 2 aromatic rings. The van der Waals surface area contributed by atoms with Crippen LogP contribution in [-0.4, -0.2) is 41.3 Å². The van der Waals surface area contributed by atoms with E-state index in [9.17, 15) is 0 Å². The number of rotatable bonds is 3. The summed E-state index contributed by atoms with van der Waals surface area (Å²) in [6, 6.07) is 5.02. The minimum absolute atomic E-state index is 0.365. The van der Waals surface area contributed by atoms with E-state index in [2.05, 4.69) is 44.0 Å².